The van der Waals surface area contributed by atoms with Crippen LogP contribution in [0, 0.1) is 6.92 Å². The summed E-state index contributed by atoms with van der Waals surface area (Å²) in [6.07, 6.45) is -0.232. The van der Waals surface area contributed by atoms with E-state index in [0.29, 0.717) is 13.1 Å². The van der Waals surface area contributed by atoms with Crippen molar-refractivity contribution in [1.29, 1.82) is 0 Å². The average molecular weight is 275 g/mol. The standard InChI is InChI=1S/C15H21N3O2/c1-10-5-6-11-12(17-10)15(7-16-11)8-18(9-15)13(19)20-14(2,3)4/h5-6,16H,7-9H2,1-4H3. The predicted octanol–water partition coefficient (Wildman–Crippen LogP) is 2.30. The summed E-state index contributed by atoms with van der Waals surface area (Å²) in [5.41, 5.74) is 2.73. The number of aryl methyl sites for hydroxylation is 1. The van der Waals surface area contributed by atoms with Crippen molar-refractivity contribution in [3.8, 4) is 0 Å². The van der Waals surface area contributed by atoms with Crippen molar-refractivity contribution in [1.82, 2.24) is 9.88 Å². The number of rotatable bonds is 0. The van der Waals surface area contributed by atoms with E-state index in [2.05, 4.69) is 16.4 Å². The Morgan fingerprint density at radius 3 is 2.75 bits per heavy atom. The van der Waals surface area contributed by atoms with E-state index in [4.69, 9.17) is 4.74 Å². The normalized spacial score (nSPS) is 19.3. The molecule has 1 amide bonds. The van der Waals surface area contributed by atoms with Gasteiger partial charge in [0.1, 0.15) is 5.60 Å². The summed E-state index contributed by atoms with van der Waals surface area (Å²) in [5, 5.41) is 3.39. The number of ether oxygens (including phenoxy) is 1. The monoisotopic (exact) mass is 275 g/mol. The number of carbonyl (C=O) groups excluding carboxylic acids is 1. The van der Waals surface area contributed by atoms with Gasteiger partial charge in [-0.25, -0.2) is 4.79 Å². The zero-order chi connectivity index (χ0) is 14.5. The molecule has 20 heavy (non-hydrogen) atoms. The number of hydrogen-bond acceptors (Lipinski definition) is 4. The van der Waals surface area contributed by atoms with Crippen LogP contribution in [-0.2, 0) is 10.2 Å². The SMILES string of the molecule is Cc1ccc2c(n1)C1(CN2)CN(C(=O)OC(C)(C)C)C1. The van der Waals surface area contributed by atoms with E-state index < -0.39 is 5.60 Å². The zero-order valence-corrected chi connectivity index (χ0v) is 12.5. The maximum absolute atomic E-state index is 12.0. The fourth-order valence-corrected chi connectivity index (χ4v) is 2.85. The minimum absolute atomic E-state index is 0.0295. The van der Waals surface area contributed by atoms with E-state index in [1.165, 1.54) is 0 Å². The van der Waals surface area contributed by atoms with E-state index in [-0.39, 0.29) is 11.5 Å². The lowest BCUT2D eigenvalue weighted by atomic mass is 9.78. The molecule has 1 aromatic rings. The molecule has 0 saturated carbocycles. The van der Waals surface area contributed by atoms with Crippen LogP contribution in [0.1, 0.15) is 32.2 Å². The maximum atomic E-state index is 12.0. The van der Waals surface area contributed by atoms with Gasteiger partial charge in [0.15, 0.2) is 0 Å². The Balaban J connectivity index is 1.72. The highest BCUT2D eigenvalue weighted by molar-refractivity contribution is 5.72. The Morgan fingerprint density at radius 2 is 2.10 bits per heavy atom. The van der Waals surface area contributed by atoms with Gasteiger partial charge in [-0.3, -0.25) is 4.98 Å². The third-order valence-electron chi connectivity index (χ3n) is 3.79. The molecule has 0 bridgehead atoms. The first-order valence-electron chi connectivity index (χ1n) is 6.99. The minimum atomic E-state index is -0.444. The molecular formula is C15H21N3O2. The first-order chi connectivity index (χ1) is 9.29. The number of likely N-dealkylation sites (tertiary alicyclic amines) is 1. The Hall–Kier alpha value is -1.78. The molecule has 1 fully saturated rings. The summed E-state index contributed by atoms with van der Waals surface area (Å²) in [4.78, 5) is 18.4. The van der Waals surface area contributed by atoms with Crippen molar-refractivity contribution in [2.75, 3.05) is 25.0 Å². The lowest BCUT2D eigenvalue weighted by Crippen LogP contribution is -2.63. The summed E-state index contributed by atoms with van der Waals surface area (Å²) < 4.78 is 5.40. The van der Waals surface area contributed by atoms with E-state index in [1.807, 2.05) is 33.8 Å². The molecule has 2 aliphatic rings. The smallest absolute Gasteiger partial charge is 0.410 e. The molecule has 5 nitrogen and oxygen atoms in total. The lowest BCUT2D eigenvalue weighted by molar-refractivity contribution is -0.00693. The fraction of sp³-hybridized carbons (Fsp3) is 0.600. The second kappa shape index (κ2) is 4.11. The van der Waals surface area contributed by atoms with Crippen LogP contribution >= 0.6 is 0 Å². The predicted molar refractivity (Wildman–Crippen MR) is 76.9 cm³/mol. The van der Waals surface area contributed by atoms with Crippen molar-refractivity contribution in [2.24, 2.45) is 0 Å². The topological polar surface area (TPSA) is 54.5 Å². The minimum Gasteiger partial charge on any atom is -0.444 e. The van der Waals surface area contributed by atoms with Crippen LogP contribution in [0.3, 0.4) is 0 Å². The number of fused-ring (bicyclic) bond motifs is 2. The van der Waals surface area contributed by atoms with Gasteiger partial charge < -0.3 is 15.0 Å². The molecule has 0 atom stereocenters. The van der Waals surface area contributed by atoms with Crippen LogP contribution in [0.25, 0.3) is 0 Å². The third kappa shape index (κ3) is 2.11. The largest absolute Gasteiger partial charge is 0.444 e. The number of nitrogens with one attached hydrogen (secondary N) is 1. The molecular weight excluding hydrogens is 254 g/mol. The van der Waals surface area contributed by atoms with Crippen molar-refractivity contribution in [2.45, 2.75) is 38.7 Å². The van der Waals surface area contributed by atoms with Crippen molar-refractivity contribution < 1.29 is 9.53 Å². The van der Waals surface area contributed by atoms with Crippen molar-refractivity contribution in [3.05, 3.63) is 23.5 Å². The molecule has 0 aliphatic carbocycles. The van der Waals surface area contributed by atoms with Gasteiger partial charge in [0, 0.05) is 25.3 Å². The van der Waals surface area contributed by atoms with E-state index in [1.54, 1.807) is 4.90 Å². The Bertz CT molecular complexity index is 557. The average Bonchev–Trinajstić information content (AvgIpc) is 2.63. The van der Waals surface area contributed by atoms with Crippen LogP contribution in [0.2, 0.25) is 0 Å². The summed E-state index contributed by atoms with van der Waals surface area (Å²) in [6.45, 7) is 9.86. The highest BCUT2D eigenvalue weighted by Gasteiger charge is 2.52. The molecule has 2 aliphatic heterocycles. The molecule has 108 valence electrons. The highest BCUT2D eigenvalue weighted by Crippen LogP contribution is 2.42. The molecule has 0 radical (unpaired) electrons. The van der Waals surface area contributed by atoms with Crippen LogP contribution < -0.4 is 5.32 Å². The third-order valence-corrected chi connectivity index (χ3v) is 3.79. The number of amides is 1. The number of anilines is 1. The Labute approximate surface area is 119 Å². The van der Waals surface area contributed by atoms with Gasteiger partial charge >= 0.3 is 6.09 Å². The molecule has 5 heteroatoms. The van der Waals surface area contributed by atoms with E-state index in [0.717, 1.165) is 23.6 Å². The molecule has 1 N–H and O–H groups in total. The zero-order valence-electron chi connectivity index (χ0n) is 12.5. The van der Waals surface area contributed by atoms with E-state index in [9.17, 15) is 4.79 Å². The molecule has 0 aromatic carbocycles. The molecule has 0 unspecified atom stereocenters. The summed E-state index contributed by atoms with van der Waals surface area (Å²) >= 11 is 0. The lowest BCUT2D eigenvalue weighted by Gasteiger charge is -2.47. The van der Waals surface area contributed by atoms with Crippen LogP contribution in [0.4, 0.5) is 10.5 Å². The first kappa shape index (κ1) is 13.2. The van der Waals surface area contributed by atoms with Crippen LogP contribution in [-0.4, -0.2) is 41.2 Å². The van der Waals surface area contributed by atoms with Crippen LogP contribution in [0.15, 0.2) is 12.1 Å². The molecule has 1 spiro atoms. The van der Waals surface area contributed by atoms with Gasteiger partial charge in [-0.2, -0.15) is 0 Å². The number of aromatic nitrogens is 1. The molecule has 1 aromatic heterocycles. The Morgan fingerprint density at radius 1 is 1.40 bits per heavy atom. The van der Waals surface area contributed by atoms with E-state index >= 15 is 0 Å². The second-order valence-electron chi connectivity index (χ2n) is 6.82. The van der Waals surface area contributed by atoms with Gasteiger partial charge in [0.05, 0.1) is 16.8 Å². The second-order valence-corrected chi connectivity index (χ2v) is 6.82. The van der Waals surface area contributed by atoms with Crippen molar-refractivity contribution in [3.63, 3.8) is 0 Å². The van der Waals surface area contributed by atoms with Gasteiger partial charge in [-0.1, -0.05) is 0 Å². The van der Waals surface area contributed by atoms with Crippen molar-refractivity contribution >= 4 is 11.8 Å². The number of carbonyl (C=O) groups is 1. The number of hydrogen-bond donors (Lipinski definition) is 1. The summed E-state index contributed by atoms with van der Waals surface area (Å²) in [5.74, 6) is 0. The number of pyridine rings is 1. The van der Waals surface area contributed by atoms with Gasteiger partial charge in [-0.15, -0.1) is 0 Å². The van der Waals surface area contributed by atoms with Crippen LogP contribution in [0.5, 0.6) is 0 Å². The Kier molecular flexibility index (Phi) is 2.71. The van der Waals surface area contributed by atoms with Gasteiger partial charge in [0.2, 0.25) is 0 Å². The fourth-order valence-electron chi connectivity index (χ4n) is 2.85. The molecule has 3 heterocycles. The van der Waals surface area contributed by atoms with Gasteiger partial charge in [-0.05, 0) is 39.8 Å². The molecule has 3 rings (SSSR count). The van der Waals surface area contributed by atoms with Gasteiger partial charge in [0.25, 0.3) is 0 Å². The number of nitrogens with zero attached hydrogens (tertiary/aromatic N) is 2. The quantitative estimate of drug-likeness (QED) is 0.789. The maximum Gasteiger partial charge on any atom is 0.410 e. The summed E-state index contributed by atoms with van der Waals surface area (Å²) in [7, 11) is 0. The first-order valence-corrected chi connectivity index (χ1v) is 6.99. The molecule has 1 saturated heterocycles. The summed E-state index contributed by atoms with van der Waals surface area (Å²) in [6, 6.07) is 4.08. The highest BCUT2D eigenvalue weighted by atomic mass is 16.6.